The lowest BCUT2D eigenvalue weighted by Crippen LogP contribution is -1.93. The number of rotatable bonds is 24. The van der Waals surface area contributed by atoms with Gasteiger partial charge in [-0.05, 0) is 55.2 Å². The average Bonchev–Trinajstić information content (AvgIpc) is 2.68. The Morgan fingerprint density at radius 2 is 0.759 bits per heavy atom. The monoisotopic (exact) mass is 502 g/mol. The molecule has 0 heterocycles. The maximum atomic E-state index is 10.4. The molecule has 0 saturated carbocycles. The number of unbranched alkanes of at least 4 members (excludes halogenated alkanes) is 12. The lowest BCUT2D eigenvalue weighted by Gasteiger charge is -2.03. The molecular weight excluding hydrogens is 465 g/mol. The van der Waals surface area contributed by atoms with Crippen molar-refractivity contribution in [2.24, 2.45) is 0 Å². The molecular formula is C20H38O4S5. The molecule has 0 amide bonds. The van der Waals surface area contributed by atoms with Crippen LogP contribution in [0.5, 0.6) is 0 Å². The number of aliphatic carboxylic acids is 2. The molecule has 0 fully saturated rings. The number of carboxylic acid groups (broad SMARTS) is 2. The Morgan fingerprint density at radius 1 is 0.448 bits per heavy atom. The van der Waals surface area contributed by atoms with E-state index in [0.717, 1.165) is 25.7 Å². The van der Waals surface area contributed by atoms with Crippen molar-refractivity contribution in [1.29, 1.82) is 0 Å². The Bertz CT molecular complexity index is 352. The molecule has 9 heteroatoms. The molecule has 0 rings (SSSR count). The van der Waals surface area contributed by atoms with Gasteiger partial charge < -0.3 is 10.2 Å². The fraction of sp³-hybridized carbons (Fsp3) is 0.900. The highest BCUT2D eigenvalue weighted by Crippen LogP contribution is 2.48. The Balaban J connectivity index is 3.01. The molecule has 0 aliphatic rings. The molecule has 0 aromatic carbocycles. The van der Waals surface area contributed by atoms with Crippen LogP contribution in [0, 0.1) is 0 Å². The largest absolute Gasteiger partial charge is 0.481 e. The molecule has 0 atom stereocenters. The Hall–Kier alpha value is 0.690. The highest BCUT2D eigenvalue weighted by atomic mass is 33.8. The zero-order chi connectivity index (χ0) is 21.4. The summed E-state index contributed by atoms with van der Waals surface area (Å²) in [5, 5.41) is 17.1. The number of carbonyl (C=O) groups is 2. The van der Waals surface area contributed by atoms with Crippen LogP contribution in [0.2, 0.25) is 0 Å². The molecule has 0 aromatic rings. The van der Waals surface area contributed by atoms with Gasteiger partial charge in [0.2, 0.25) is 0 Å². The van der Waals surface area contributed by atoms with E-state index in [0.29, 0.717) is 12.8 Å². The molecule has 0 radical (unpaired) electrons. The van der Waals surface area contributed by atoms with Crippen molar-refractivity contribution in [3.63, 3.8) is 0 Å². The van der Waals surface area contributed by atoms with Gasteiger partial charge in [0.05, 0.1) is 0 Å². The molecule has 0 unspecified atom stereocenters. The number of hydrogen-bond donors (Lipinski definition) is 2. The van der Waals surface area contributed by atoms with Crippen molar-refractivity contribution in [3.05, 3.63) is 0 Å². The van der Waals surface area contributed by atoms with Gasteiger partial charge in [0.25, 0.3) is 0 Å². The summed E-state index contributed by atoms with van der Waals surface area (Å²) in [5.74, 6) is 1.09. The van der Waals surface area contributed by atoms with E-state index in [-0.39, 0.29) is 0 Å². The normalized spacial score (nSPS) is 11.0. The molecule has 0 spiro atoms. The van der Waals surface area contributed by atoms with Crippen molar-refractivity contribution < 1.29 is 19.8 Å². The van der Waals surface area contributed by atoms with E-state index in [2.05, 4.69) is 0 Å². The highest BCUT2D eigenvalue weighted by molar-refractivity contribution is 9.35. The van der Waals surface area contributed by atoms with E-state index in [1.165, 1.54) is 75.7 Å². The molecule has 2 N–H and O–H groups in total. The van der Waals surface area contributed by atoms with Crippen LogP contribution in [-0.4, -0.2) is 33.7 Å². The first-order chi connectivity index (χ1) is 14.1. The summed E-state index contributed by atoms with van der Waals surface area (Å²) in [4.78, 5) is 20.8. The third kappa shape index (κ3) is 28.7. The Kier molecular flexibility index (Phi) is 25.5. The van der Waals surface area contributed by atoms with Crippen molar-refractivity contribution in [1.82, 2.24) is 0 Å². The molecule has 0 aromatic heterocycles. The molecule has 0 aliphatic carbocycles. The summed E-state index contributed by atoms with van der Waals surface area (Å²) in [7, 11) is 9.57. The van der Waals surface area contributed by atoms with Gasteiger partial charge >= 0.3 is 11.9 Å². The third-order valence-electron chi connectivity index (χ3n) is 4.39. The lowest BCUT2D eigenvalue weighted by molar-refractivity contribution is -0.138. The van der Waals surface area contributed by atoms with Gasteiger partial charge in [0.1, 0.15) is 0 Å². The third-order valence-corrected chi connectivity index (χ3v) is 13.2. The first-order valence-electron chi connectivity index (χ1n) is 10.8. The van der Waals surface area contributed by atoms with E-state index in [9.17, 15) is 9.59 Å². The van der Waals surface area contributed by atoms with Gasteiger partial charge in [0, 0.05) is 24.3 Å². The van der Waals surface area contributed by atoms with Crippen LogP contribution in [0.3, 0.4) is 0 Å². The second-order valence-electron chi connectivity index (χ2n) is 7.09. The lowest BCUT2D eigenvalue weighted by atomic mass is 10.1. The maximum Gasteiger partial charge on any atom is 0.303 e. The molecule has 172 valence electrons. The molecule has 4 nitrogen and oxygen atoms in total. The highest BCUT2D eigenvalue weighted by Gasteiger charge is 1.99. The second-order valence-corrected chi connectivity index (χ2v) is 15.1. The standard InChI is InChI=1S/C20H38O4S5/c21-19(22)15-11-7-3-1-5-9-13-17-25-27-29-28-26-18-14-10-6-2-4-8-12-16-20(23)24/h1-18H2,(H,21,22)(H,23,24). The van der Waals surface area contributed by atoms with Gasteiger partial charge in [-0.15, -0.1) is 0 Å². The quantitative estimate of drug-likeness (QED) is 0.0994. The van der Waals surface area contributed by atoms with Crippen molar-refractivity contribution in [2.75, 3.05) is 11.5 Å². The fourth-order valence-corrected chi connectivity index (χ4v) is 11.8. The van der Waals surface area contributed by atoms with E-state index < -0.39 is 11.9 Å². The van der Waals surface area contributed by atoms with Crippen molar-refractivity contribution in [2.45, 2.75) is 103 Å². The van der Waals surface area contributed by atoms with E-state index in [4.69, 9.17) is 10.2 Å². The first-order valence-corrected chi connectivity index (χ1v) is 17.3. The van der Waals surface area contributed by atoms with E-state index >= 15 is 0 Å². The summed E-state index contributed by atoms with van der Waals surface area (Å²) in [6, 6.07) is 0. The van der Waals surface area contributed by atoms with E-state index in [1.807, 2.05) is 51.1 Å². The minimum atomic E-state index is -0.674. The fourth-order valence-electron chi connectivity index (χ4n) is 2.76. The van der Waals surface area contributed by atoms with Crippen LogP contribution in [0.1, 0.15) is 103 Å². The summed E-state index contributed by atoms with van der Waals surface area (Å²) in [5.41, 5.74) is 0. The smallest absolute Gasteiger partial charge is 0.303 e. The summed E-state index contributed by atoms with van der Waals surface area (Å²) >= 11 is 0. The second kappa shape index (κ2) is 25.0. The predicted molar refractivity (Wildman–Crippen MR) is 137 cm³/mol. The van der Waals surface area contributed by atoms with Gasteiger partial charge in [-0.1, -0.05) is 85.8 Å². The zero-order valence-corrected chi connectivity index (χ0v) is 21.6. The van der Waals surface area contributed by atoms with Crippen LogP contribution < -0.4 is 0 Å². The van der Waals surface area contributed by atoms with Gasteiger partial charge in [-0.2, -0.15) is 0 Å². The van der Waals surface area contributed by atoms with Gasteiger partial charge in [-0.3, -0.25) is 9.59 Å². The number of carboxylic acids is 2. The van der Waals surface area contributed by atoms with Crippen LogP contribution in [0.15, 0.2) is 0 Å². The van der Waals surface area contributed by atoms with Crippen LogP contribution in [-0.2, 0) is 9.59 Å². The average molecular weight is 503 g/mol. The van der Waals surface area contributed by atoms with Crippen LogP contribution in [0.25, 0.3) is 0 Å². The van der Waals surface area contributed by atoms with Crippen LogP contribution in [0.4, 0.5) is 0 Å². The van der Waals surface area contributed by atoms with Crippen LogP contribution >= 0.6 is 51.1 Å². The predicted octanol–water partition coefficient (Wildman–Crippen LogP) is 8.72. The first kappa shape index (κ1) is 29.7. The summed E-state index contributed by atoms with van der Waals surface area (Å²) < 4.78 is 0. The van der Waals surface area contributed by atoms with Crippen molar-refractivity contribution >= 4 is 63.0 Å². The molecule has 0 saturated heterocycles. The number of hydrogen-bond acceptors (Lipinski definition) is 7. The topological polar surface area (TPSA) is 74.6 Å². The Labute approximate surface area is 196 Å². The molecule has 0 aliphatic heterocycles. The minimum Gasteiger partial charge on any atom is -0.481 e. The molecule has 29 heavy (non-hydrogen) atoms. The Morgan fingerprint density at radius 3 is 1.10 bits per heavy atom. The minimum absolute atomic E-state index is 0.319. The SMILES string of the molecule is O=C(O)CCCCCCCCCSSSSSCCCCCCCCCC(=O)O. The van der Waals surface area contributed by atoms with Crippen molar-refractivity contribution in [3.8, 4) is 0 Å². The van der Waals surface area contributed by atoms with E-state index in [1.54, 1.807) is 0 Å². The van der Waals surface area contributed by atoms with Gasteiger partial charge in [-0.25, -0.2) is 0 Å². The summed E-state index contributed by atoms with van der Waals surface area (Å²) in [6.45, 7) is 0. The summed E-state index contributed by atoms with van der Waals surface area (Å²) in [6.07, 6.45) is 16.9. The molecule has 0 bridgehead atoms. The zero-order valence-electron chi connectivity index (χ0n) is 17.5. The van der Waals surface area contributed by atoms with Gasteiger partial charge in [0.15, 0.2) is 0 Å². The maximum absolute atomic E-state index is 10.4.